The van der Waals surface area contributed by atoms with Crippen LogP contribution in [0.5, 0.6) is 0 Å². The first kappa shape index (κ1) is 20.4. The molecule has 0 radical (unpaired) electrons. The van der Waals surface area contributed by atoms with Gasteiger partial charge in [-0.2, -0.15) is 0 Å². The molecule has 1 aliphatic rings. The molecule has 1 amide bonds. The quantitative estimate of drug-likeness (QED) is 0.735. The maximum atomic E-state index is 13.3. The second-order valence-electron chi connectivity index (χ2n) is 7.48. The van der Waals surface area contributed by atoms with E-state index in [1.165, 1.54) is 17.0 Å². The van der Waals surface area contributed by atoms with Crippen molar-refractivity contribution >= 4 is 21.6 Å². The third kappa shape index (κ3) is 4.73. The minimum atomic E-state index is -3.56. The van der Waals surface area contributed by atoms with Crippen LogP contribution in [-0.2, 0) is 16.6 Å². The molecule has 28 heavy (non-hydrogen) atoms. The standard InChI is InChI=1S/C22H28N2O3S/c1-23(19-13-7-4-8-14-19)22(25)20-15-9-10-16-21(20)24(28(2,26)27)17-18-11-5-3-6-12-18/h3,5-6,9-12,15-16,19H,4,7-8,13-14,17H2,1-2H3. The van der Waals surface area contributed by atoms with Gasteiger partial charge in [0.05, 0.1) is 24.1 Å². The van der Waals surface area contributed by atoms with Crippen molar-refractivity contribution in [2.24, 2.45) is 0 Å². The minimum absolute atomic E-state index is 0.121. The summed E-state index contributed by atoms with van der Waals surface area (Å²) >= 11 is 0. The summed E-state index contributed by atoms with van der Waals surface area (Å²) in [6, 6.07) is 16.6. The first-order valence-corrected chi connectivity index (χ1v) is 11.6. The van der Waals surface area contributed by atoms with Gasteiger partial charge in [0.2, 0.25) is 10.0 Å². The van der Waals surface area contributed by atoms with E-state index in [0.717, 1.165) is 31.2 Å². The van der Waals surface area contributed by atoms with Crippen molar-refractivity contribution in [1.29, 1.82) is 0 Å². The van der Waals surface area contributed by atoms with E-state index >= 15 is 0 Å². The van der Waals surface area contributed by atoms with Gasteiger partial charge in [-0.15, -0.1) is 0 Å². The normalized spacial score (nSPS) is 15.2. The molecule has 0 aromatic heterocycles. The molecule has 0 atom stereocenters. The van der Waals surface area contributed by atoms with Gasteiger partial charge in [-0.25, -0.2) is 8.42 Å². The van der Waals surface area contributed by atoms with Gasteiger partial charge in [0.15, 0.2) is 0 Å². The van der Waals surface area contributed by atoms with Gasteiger partial charge >= 0.3 is 0 Å². The smallest absolute Gasteiger partial charge is 0.255 e. The van der Waals surface area contributed by atoms with Crippen LogP contribution in [0.3, 0.4) is 0 Å². The number of rotatable bonds is 6. The summed E-state index contributed by atoms with van der Waals surface area (Å²) in [6.07, 6.45) is 6.67. The highest BCUT2D eigenvalue weighted by molar-refractivity contribution is 7.92. The van der Waals surface area contributed by atoms with Crippen molar-refractivity contribution in [3.63, 3.8) is 0 Å². The average molecular weight is 401 g/mol. The van der Waals surface area contributed by atoms with Crippen molar-refractivity contribution in [1.82, 2.24) is 4.90 Å². The van der Waals surface area contributed by atoms with Gasteiger partial charge in [0, 0.05) is 13.1 Å². The van der Waals surface area contributed by atoms with Gasteiger partial charge < -0.3 is 4.90 Å². The number of benzene rings is 2. The molecule has 0 N–H and O–H groups in total. The Balaban J connectivity index is 1.95. The lowest BCUT2D eigenvalue weighted by Crippen LogP contribution is -2.39. The molecule has 0 bridgehead atoms. The number of hydrogen-bond donors (Lipinski definition) is 0. The van der Waals surface area contributed by atoms with E-state index in [1.807, 2.05) is 37.4 Å². The van der Waals surface area contributed by atoms with E-state index in [9.17, 15) is 13.2 Å². The molecule has 1 fully saturated rings. The Morgan fingerprint density at radius 3 is 2.21 bits per heavy atom. The summed E-state index contributed by atoms with van der Waals surface area (Å²) < 4.78 is 26.5. The zero-order chi connectivity index (χ0) is 20.1. The molecule has 0 spiro atoms. The Bertz CT molecular complexity index is 906. The largest absolute Gasteiger partial charge is 0.339 e. The van der Waals surface area contributed by atoms with E-state index in [1.54, 1.807) is 29.2 Å². The van der Waals surface area contributed by atoms with Gasteiger partial charge in [0.1, 0.15) is 0 Å². The third-order valence-electron chi connectivity index (χ3n) is 5.42. The monoisotopic (exact) mass is 400 g/mol. The molecule has 1 aliphatic carbocycles. The van der Waals surface area contributed by atoms with Crippen LogP contribution >= 0.6 is 0 Å². The van der Waals surface area contributed by atoms with Crippen LogP contribution in [0, 0.1) is 0 Å². The van der Waals surface area contributed by atoms with Crippen LogP contribution in [-0.4, -0.2) is 38.6 Å². The Hall–Kier alpha value is -2.34. The highest BCUT2D eigenvalue weighted by Gasteiger charge is 2.28. The molecule has 3 rings (SSSR count). The second kappa shape index (κ2) is 8.78. The maximum Gasteiger partial charge on any atom is 0.255 e. The average Bonchev–Trinajstić information content (AvgIpc) is 2.71. The predicted molar refractivity (Wildman–Crippen MR) is 113 cm³/mol. The molecule has 5 nitrogen and oxygen atoms in total. The highest BCUT2D eigenvalue weighted by Crippen LogP contribution is 2.28. The molecular weight excluding hydrogens is 372 g/mol. The van der Waals surface area contributed by atoms with E-state index in [0.29, 0.717) is 11.3 Å². The molecule has 2 aromatic carbocycles. The molecule has 0 saturated heterocycles. The molecule has 1 saturated carbocycles. The minimum Gasteiger partial charge on any atom is -0.339 e. The van der Waals surface area contributed by atoms with Gasteiger partial charge in [0.25, 0.3) is 5.91 Å². The van der Waals surface area contributed by atoms with Crippen molar-refractivity contribution in [2.45, 2.75) is 44.7 Å². The molecule has 150 valence electrons. The summed E-state index contributed by atoms with van der Waals surface area (Å²) in [6.45, 7) is 0.192. The summed E-state index contributed by atoms with van der Waals surface area (Å²) in [5.74, 6) is -0.121. The SMILES string of the molecule is CN(C(=O)c1ccccc1N(Cc1ccccc1)S(C)(=O)=O)C1CCCCC1. The third-order valence-corrected chi connectivity index (χ3v) is 6.54. The maximum absolute atomic E-state index is 13.3. The topological polar surface area (TPSA) is 57.7 Å². The predicted octanol–water partition coefficient (Wildman–Crippen LogP) is 4.06. The van der Waals surface area contributed by atoms with Crippen molar-refractivity contribution in [3.05, 3.63) is 65.7 Å². The van der Waals surface area contributed by atoms with Crippen LogP contribution in [0.4, 0.5) is 5.69 Å². The number of hydrogen-bond acceptors (Lipinski definition) is 3. The summed E-state index contributed by atoms with van der Waals surface area (Å²) in [5.41, 5.74) is 1.73. The fraction of sp³-hybridized carbons (Fsp3) is 0.409. The fourth-order valence-electron chi connectivity index (χ4n) is 3.83. The summed E-state index contributed by atoms with van der Waals surface area (Å²) in [7, 11) is -1.73. The Morgan fingerprint density at radius 2 is 1.57 bits per heavy atom. The second-order valence-corrected chi connectivity index (χ2v) is 9.39. The number of para-hydroxylation sites is 1. The van der Waals surface area contributed by atoms with Crippen LogP contribution in [0.15, 0.2) is 54.6 Å². The fourth-order valence-corrected chi connectivity index (χ4v) is 4.73. The number of amides is 1. The van der Waals surface area contributed by atoms with Gasteiger partial charge in [-0.1, -0.05) is 61.7 Å². The summed E-state index contributed by atoms with van der Waals surface area (Å²) in [4.78, 5) is 15.0. The number of carbonyl (C=O) groups excluding carboxylic acids is 1. The van der Waals surface area contributed by atoms with Crippen LogP contribution in [0.1, 0.15) is 48.0 Å². The zero-order valence-electron chi connectivity index (χ0n) is 16.5. The highest BCUT2D eigenvalue weighted by atomic mass is 32.2. The van der Waals surface area contributed by atoms with E-state index in [-0.39, 0.29) is 18.5 Å². The van der Waals surface area contributed by atoms with Crippen LogP contribution < -0.4 is 4.31 Å². The van der Waals surface area contributed by atoms with Gasteiger partial charge in [-0.05, 0) is 30.5 Å². The Kier molecular flexibility index (Phi) is 6.39. The van der Waals surface area contributed by atoms with E-state index in [2.05, 4.69) is 0 Å². The zero-order valence-corrected chi connectivity index (χ0v) is 17.4. The summed E-state index contributed by atoms with van der Waals surface area (Å²) in [5, 5.41) is 0. The first-order chi connectivity index (χ1) is 13.4. The molecule has 0 aliphatic heterocycles. The van der Waals surface area contributed by atoms with Crippen molar-refractivity contribution < 1.29 is 13.2 Å². The lowest BCUT2D eigenvalue weighted by Gasteiger charge is -2.32. The molecule has 0 unspecified atom stereocenters. The van der Waals surface area contributed by atoms with Crippen molar-refractivity contribution in [2.75, 3.05) is 17.6 Å². The van der Waals surface area contributed by atoms with Gasteiger partial charge in [-0.3, -0.25) is 9.10 Å². The lowest BCUT2D eigenvalue weighted by molar-refractivity contribution is 0.0697. The lowest BCUT2D eigenvalue weighted by atomic mass is 9.94. The van der Waals surface area contributed by atoms with Crippen LogP contribution in [0.25, 0.3) is 0 Å². The number of sulfonamides is 1. The van der Waals surface area contributed by atoms with E-state index in [4.69, 9.17) is 0 Å². The Morgan fingerprint density at radius 1 is 0.964 bits per heavy atom. The van der Waals surface area contributed by atoms with Crippen LogP contribution in [0.2, 0.25) is 0 Å². The first-order valence-electron chi connectivity index (χ1n) is 9.76. The van der Waals surface area contributed by atoms with E-state index < -0.39 is 10.0 Å². The number of nitrogens with zero attached hydrogens (tertiary/aromatic N) is 2. The Labute approximate surface area is 168 Å². The molecular formula is C22H28N2O3S. The molecule has 2 aromatic rings. The molecule has 6 heteroatoms. The van der Waals surface area contributed by atoms with Crippen molar-refractivity contribution in [3.8, 4) is 0 Å². The number of anilines is 1. The molecule has 0 heterocycles. The number of carbonyl (C=O) groups is 1.